The third-order valence-electron chi connectivity index (χ3n) is 3.86. The minimum absolute atomic E-state index is 0.198. The number of ether oxygens (including phenoxy) is 5. The molecule has 0 atom stereocenters. The van der Waals surface area contributed by atoms with Crippen LogP contribution in [0.1, 0.15) is 17.3 Å². The monoisotopic (exact) mass is 387 g/mol. The maximum atomic E-state index is 12.3. The molecule has 2 aromatic rings. The van der Waals surface area contributed by atoms with E-state index in [2.05, 4.69) is 5.32 Å². The largest absolute Gasteiger partial charge is 0.493 e. The highest BCUT2D eigenvalue weighted by molar-refractivity contribution is 5.96. The molecule has 0 spiro atoms. The van der Waals surface area contributed by atoms with Gasteiger partial charge in [-0.2, -0.15) is 0 Å². The summed E-state index contributed by atoms with van der Waals surface area (Å²) in [6.07, 6.45) is 0. The SMILES string of the molecule is CCOc1ccccc1NC(=O)COC(=O)c1cc(OC)c2c(c1)OCCO2. The van der Waals surface area contributed by atoms with Crippen molar-refractivity contribution in [1.29, 1.82) is 0 Å². The lowest BCUT2D eigenvalue weighted by Crippen LogP contribution is -2.22. The van der Waals surface area contributed by atoms with Crippen molar-refractivity contribution in [1.82, 2.24) is 0 Å². The molecule has 1 aliphatic rings. The normalized spacial score (nSPS) is 12.1. The van der Waals surface area contributed by atoms with Gasteiger partial charge in [0.25, 0.3) is 5.91 Å². The van der Waals surface area contributed by atoms with Crippen LogP contribution in [0.3, 0.4) is 0 Å². The Morgan fingerprint density at radius 3 is 2.68 bits per heavy atom. The zero-order valence-electron chi connectivity index (χ0n) is 15.7. The molecular weight excluding hydrogens is 366 g/mol. The van der Waals surface area contributed by atoms with Crippen molar-refractivity contribution in [3.63, 3.8) is 0 Å². The first-order valence-corrected chi connectivity index (χ1v) is 8.78. The van der Waals surface area contributed by atoms with Crippen LogP contribution in [0.15, 0.2) is 36.4 Å². The summed E-state index contributed by atoms with van der Waals surface area (Å²) in [6, 6.07) is 10.0. The van der Waals surface area contributed by atoms with Crippen LogP contribution in [0.25, 0.3) is 0 Å². The van der Waals surface area contributed by atoms with Gasteiger partial charge in [-0.3, -0.25) is 4.79 Å². The molecule has 0 saturated carbocycles. The highest BCUT2D eigenvalue weighted by Gasteiger charge is 2.22. The van der Waals surface area contributed by atoms with Crippen molar-refractivity contribution in [2.45, 2.75) is 6.92 Å². The number of esters is 1. The predicted molar refractivity (Wildman–Crippen MR) is 101 cm³/mol. The average Bonchev–Trinajstić information content (AvgIpc) is 2.72. The lowest BCUT2D eigenvalue weighted by molar-refractivity contribution is -0.119. The van der Waals surface area contributed by atoms with Gasteiger partial charge in [0.05, 0.1) is 25.0 Å². The van der Waals surface area contributed by atoms with Crippen LogP contribution in [0.2, 0.25) is 0 Å². The molecule has 2 aromatic carbocycles. The van der Waals surface area contributed by atoms with E-state index in [0.29, 0.717) is 48.5 Å². The fourth-order valence-electron chi connectivity index (χ4n) is 2.64. The minimum atomic E-state index is -0.677. The van der Waals surface area contributed by atoms with Gasteiger partial charge >= 0.3 is 5.97 Å². The van der Waals surface area contributed by atoms with Gasteiger partial charge in [0.1, 0.15) is 19.0 Å². The van der Waals surface area contributed by atoms with E-state index in [0.717, 1.165) is 0 Å². The standard InChI is InChI=1S/C20H21NO7/c1-3-25-15-7-5-4-6-14(15)21-18(22)12-28-20(23)13-10-16(24-2)19-17(11-13)26-8-9-27-19/h4-7,10-11H,3,8-9,12H2,1-2H3,(H,21,22). The Kier molecular flexibility index (Phi) is 6.21. The number of carbonyl (C=O) groups excluding carboxylic acids is 2. The molecule has 3 rings (SSSR count). The number of nitrogens with one attached hydrogen (secondary N) is 1. The molecular formula is C20H21NO7. The molecule has 8 nitrogen and oxygen atoms in total. The number of methoxy groups -OCH3 is 1. The second-order valence-electron chi connectivity index (χ2n) is 5.76. The topological polar surface area (TPSA) is 92.3 Å². The van der Waals surface area contributed by atoms with Crippen molar-refractivity contribution < 1.29 is 33.3 Å². The van der Waals surface area contributed by atoms with E-state index >= 15 is 0 Å². The molecule has 0 radical (unpaired) electrons. The highest BCUT2D eigenvalue weighted by atomic mass is 16.6. The van der Waals surface area contributed by atoms with E-state index < -0.39 is 18.5 Å². The van der Waals surface area contributed by atoms with Crippen LogP contribution in [0.4, 0.5) is 5.69 Å². The summed E-state index contributed by atoms with van der Waals surface area (Å²) in [5, 5.41) is 2.66. The Labute approximate surface area is 162 Å². The first-order valence-electron chi connectivity index (χ1n) is 8.78. The lowest BCUT2D eigenvalue weighted by Gasteiger charge is -2.21. The number of rotatable bonds is 7. The highest BCUT2D eigenvalue weighted by Crippen LogP contribution is 2.40. The summed E-state index contributed by atoms with van der Waals surface area (Å²) in [4.78, 5) is 24.5. The molecule has 0 aliphatic carbocycles. The first-order chi connectivity index (χ1) is 13.6. The van der Waals surface area contributed by atoms with Crippen LogP contribution in [-0.2, 0) is 9.53 Å². The fourth-order valence-corrected chi connectivity index (χ4v) is 2.64. The number of para-hydroxylation sites is 2. The summed E-state index contributed by atoms with van der Waals surface area (Å²) >= 11 is 0. The molecule has 1 aliphatic heterocycles. The van der Waals surface area contributed by atoms with Crippen LogP contribution in [0.5, 0.6) is 23.0 Å². The van der Waals surface area contributed by atoms with Crippen molar-refractivity contribution in [3.8, 4) is 23.0 Å². The van der Waals surface area contributed by atoms with Crippen molar-refractivity contribution in [3.05, 3.63) is 42.0 Å². The van der Waals surface area contributed by atoms with Gasteiger partial charge in [-0.05, 0) is 31.2 Å². The van der Waals surface area contributed by atoms with Gasteiger partial charge in [-0.25, -0.2) is 4.79 Å². The van der Waals surface area contributed by atoms with Crippen LogP contribution >= 0.6 is 0 Å². The van der Waals surface area contributed by atoms with E-state index in [1.807, 2.05) is 6.92 Å². The molecule has 28 heavy (non-hydrogen) atoms. The molecule has 148 valence electrons. The second-order valence-corrected chi connectivity index (χ2v) is 5.76. The molecule has 0 fully saturated rings. The Bertz CT molecular complexity index is 848. The smallest absolute Gasteiger partial charge is 0.338 e. The van der Waals surface area contributed by atoms with Gasteiger partial charge in [0, 0.05) is 0 Å². The van der Waals surface area contributed by atoms with E-state index in [4.69, 9.17) is 23.7 Å². The molecule has 0 bridgehead atoms. The summed E-state index contributed by atoms with van der Waals surface area (Å²) in [5.41, 5.74) is 0.704. The average molecular weight is 387 g/mol. The summed E-state index contributed by atoms with van der Waals surface area (Å²) < 4.78 is 26.8. The molecule has 1 heterocycles. The molecule has 1 N–H and O–H groups in total. The predicted octanol–water partition coefficient (Wildman–Crippen LogP) is 2.66. The molecule has 0 aromatic heterocycles. The summed E-state index contributed by atoms with van der Waals surface area (Å²) in [7, 11) is 1.46. The molecule has 8 heteroatoms. The maximum Gasteiger partial charge on any atom is 0.338 e. The van der Waals surface area contributed by atoms with E-state index in [-0.39, 0.29) is 5.56 Å². The van der Waals surface area contributed by atoms with Gasteiger partial charge < -0.3 is 29.0 Å². The van der Waals surface area contributed by atoms with Gasteiger partial charge in [-0.1, -0.05) is 12.1 Å². The number of hydrogen-bond acceptors (Lipinski definition) is 7. The zero-order chi connectivity index (χ0) is 19.9. The van der Waals surface area contributed by atoms with Crippen LogP contribution in [-0.4, -0.2) is 45.4 Å². The van der Waals surface area contributed by atoms with Crippen molar-refractivity contribution in [2.75, 3.05) is 38.9 Å². The number of amides is 1. The Morgan fingerprint density at radius 1 is 1.11 bits per heavy atom. The number of carbonyl (C=O) groups is 2. The number of benzene rings is 2. The molecule has 0 unspecified atom stereocenters. The minimum Gasteiger partial charge on any atom is -0.493 e. The van der Waals surface area contributed by atoms with Gasteiger partial charge in [0.2, 0.25) is 5.75 Å². The first kappa shape index (κ1) is 19.3. The quantitative estimate of drug-likeness (QED) is 0.730. The van der Waals surface area contributed by atoms with Crippen molar-refractivity contribution in [2.24, 2.45) is 0 Å². The zero-order valence-corrected chi connectivity index (χ0v) is 15.7. The number of anilines is 1. The third kappa shape index (κ3) is 4.46. The van der Waals surface area contributed by atoms with E-state index in [1.165, 1.54) is 19.2 Å². The molecule has 0 saturated heterocycles. The summed E-state index contributed by atoms with van der Waals surface area (Å²) in [6.45, 7) is 2.64. The second kappa shape index (κ2) is 8.98. The van der Waals surface area contributed by atoms with Gasteiger partial charge in [-0.15, -0.1) is 0 Å². The van der Waals surface area contributed by atoms with Crippen molar-refractivity contribution >= 4 is 17.6 Å². The lowest BCUT2D eigenvalue weighted by atomic mass is 10.1. The Balaban J connectivity index is 1.63. The third-order valence-corrected chi connectivity index (χ3v) is 3.86. The number of hydrogen-bond donors (Lipinski definition) is 1. The van der Waals surface area contributed by atoms with Crippen LogP contribution < -0.4 is 24.3 Å². The van der Waals surface area contributed by atoms with E-state index in [1.54, 1.807) is 24.3 Å². The Hall–Kier alpha value is -3.42. The van der Waals surface area contributed by atoms with E-state index in [9.17, 15) is 9.59 Å². The van der Waals surface area contributed by atoms with Gasteiger partial charge in [0.15, 0.2) is 18.1 Å². The summed E-state index contributed by atoms with van der Waals surface area (Å²) in [5.74, 6) is 0.581. The number of fused-ring (bicyclic) bond motifs is 1. The Morgan fingerprint density at radius 2 is 1.89 bits per heavy atom. The molecule has 1 amide bonds. The van der Waals surface area contributed by atoms with Crippen LogP contribution in [0, 0.1) is 0 Å². The maximum absolute atomic E-state index is 12.3. The fraction of sp³-hybridized carbons (Fsp3) is 0.300.